The van der Waals surface area contributed by atoms with Crippen molar-refractivity contribution in [3.05, 3.63) is 68.7 Å². The highest BCUT2D eigenvalue weighted by atomic mass is 35.5. The Morgan fingerprint density at radius 1 is 1.15 bits per heavy atom. The lowest BCUT2D eigenvalue weighted by atomic mass is 10.2. The van der Waals surface area contributed by atoms with Crippen LogP contribution in [0, 0.1) is 21.7 Å². The van der Waals surface area contributed by atoms with E-state index in [0.717, 1.165) is 12.1 Å². The van der Waals surface area contributed by atoms with E-state index < -0.39 is 32.5 Å². The summed E-state index contributed by atoms with van der Waals surface area (Å²) in [5, 5.41) is 12.7. The molecule has 8 nitrogen and oxygen atoms in total. The normalized spacial score (nSPS) is 11.2. The summed E-state index contributed by atoms with van der Waals surface area (Å²) >= 11 is 5.67. The molecule has 0 aromatic heterocycles. The quantitative estimate of drug-likeness (QED) is 0.309. The third kappa shape index (κ3) is 5.18. The van der Waals surface area contributed by atoms with Crippen molar-refractivity contribution in [1.29, 1.82) is 0 Å². The van der Waals surface area contributed by atoms with Gasteiger partial charge in [-0.15, -0.1) is 0 Å². The number of non-ortho nitro benzene ring substituents is 1. The molecule has 0 aliphatic heterocycles. The topological polar surface area (TPSA) is 118 Å². The predicted octanol–water partition coefficient (Wildman–Crippen LogP) is 2.23. The van der Waals surface area contributed by atoms with Gasteiger partial charge in [-0.1, -0.05) is 17.7 Å². The Labute approximate surface area is 157 Å². The average molecular weight is 420 g/mol. The summed E-state index contributed by atoms with van der Waals surface area (Å²) in [6.07, 6.45) is 0. The largest absolute Gasteiger partial charge is 0.351 e. The van der Waals surface area contributed by atoms with Gasteiger partial charge in [0, 0.05) is 25.2 Å². The molecule has 27 heavy (non-hydrogen) atoms. The number of benzene rings is 2. The van der Waals surface area contributed by atoms with Gasteiger partial charge in [0.25, 0.3) is 11.6 Å². The molecule has 0 fully saturated rings. The Morgan fingerprint density at radius 2 is 1.81 bits per heavy atom. The first-order valence-corrected chi connectivity index (χ1v) is 9.15. The fraction of sp³-hybridized carbons (Fsp3) is 0.133. The molecule has 2 rings (SSSR count). The number of nitrogens with zero attached hydrogens (tertiary/aromatic N) is 1. The Kier molecular flexibility index (Phi) is 6.41. The van der Waals surface area contributed by atoms with Crippen LogP contribution in [-0.2, 0) is 10.0 Å². The highest BCUT2D eigenvalue weighted by molar-refractivity contribution is 7.89. The molecule has 0 saturated carbocycles. The maximum absolute atomic E-state index is 13.2. The smallest absolute Gasteiger partial charge is 0.270 e. The van der Waals surface area contributed by atoms with Crippen molar-refractivity contribution in [2.45, 2.75) is 4.90 Å². The van der Waals surface area contributed by atoms with E-state index in [2.05, 4.69) is 10.0 Å². The van der Waals surface area contributed by atoms with Gasteiger partial charge in [-0.3, -0.25) is 14.9 Å². The van der Waals surface area contributed by atoms with Crippen LogP contribution in [0.3, 0.4) is 0 Å². The van der Waals surface area contributed by atoms with E-state index >= 15 is 0 Å². The van der Waals surface area contributed by atoms with Gasteiger partial charge in [-0.05, 0) is 18.2 Å². The number of nitro groups is 1. The molecular weight excluding hydrogens is 408 g/mol. The number of nitrogens with one attached hydrogen (secondary N) is 2. The van der Waals surface area contributed by atoms with Crippen LogP contribution in [0.1, 0.15) is 10.4 Å². The lowest BCUT2D eigenvalue weighted by Crippen LogP contribution is -2.34. The molecule has 0 unspecified atom stereocenters. The number of rotatable bonds is 7. The zero-order chi connectivity index (χ0) is 20.2. The fourth-order valence-corrected chi connectivity index (χ4v) is 3.31. The van der Waals surface area contributed by atoms with Crippen LogP contribution in [0.4, 0.5) is 14.5 Å². The minimum Gasteiger partial charge on any atom is -0.351 e. The molecule has 0 saturated heterocycles. The van der Waals surface area contributed by atoms with E-state index in [-0.39, 0.29) is 34.3 Å². The van der Waals surface area contributed by atoms with Crippen molar-refractivity contribution < 1.29 is 26.9 Å². The number of amides is 1. The maximum atomic E-state index is 13.2. The van der Waals surface area contributed by atoms with Gasteiger partial charge in [-0.25, -0.2) is 21.9 Å². The molecule has 12 heteroatoms. The van der Waals surface area contributed by atoms with Gasteiger partial charge in [-0.2, -0.15) is 0 Å². The standard InChI is InChI=1S/C15H12ClF2N3O5S/c16-12-8-14(18)13(17)7-11(12)15(22)19-4-5-20-27(25,26)10-3-1-2-9(6-10)21(23)24/h1-3,6-8,20H,4-5H2,(H,19,22). The van der Waals surface area contributed by atoms with Crippen molar-refractivity contribution in [1.82, 2.24) is 10.0 Å². The molecule has 0 atom stereocenters. The SMILES string of the molecule is O=C(NCCNS(=O)(=O)c1cccc([N+](=O)[O-])c1)c1cc(F)c(F)cc1Cl. The lowest BCUT2D eigenvalue weighted by molar-refractivity contribution is -0.385. The summed E-state index contributed by atoms with van der Waals surface area (Å²) in [7, 11) is -4.04. The van der Waals surface area contributed by atoms with Crippen LogP contribution < -0.4 is 10.0 Å². The molecule has 0 aliphatic rings. The maximum Gasteiger partial charge on any atom is 0.270 e. The molecule has 0 spiro atoms. The Hall–Kier alpha value is -2.63. The highest BCUT2D eigenvalue weighted by Gasteiger charge is 2.18. The van der Waals surface area contributed by atoms with Gasteiger partial charge < -0.3 is 5.32 Å². The summed E-state index contributed by atoms with van der Waals surface area (Å²) in [6, 6.07) is 5.71. The minimum absolute atomic E-state index is 0.192. The molecule has 0 heterocycles. The summed E-state index contributed by atoms with van der Waals surface area (Å²) in [6.45, 7) is -0.444. The summed E-state index contributed by atoms with van der Waals surface area (Å²) in [4.78, 5) is 21.6. The molecule has 144 valence electrons. The number of halogens is 3. The monoisotopic (exact) mass is 419 g/mol. The van der Waals surface area contributed by atoms with Crippen LogP contribution in [0.2, 0.25) is 5.02 Å². The minimum atomic E-state index is -4.04. The van der Waals surface area contributed by atoms with E-state index in [9.17, 15) is 32.1 Å². The van der Waals surface area contributed by atoms with E-state index in [1.165, 1.54) is 12.1 Å². The second-order valence-corrected chi connectivity index (χ2v) is 7.33. The number of hydrogen-bond acceptors (Lipinski definition) is 5. The second kappa shape index (κ2) is 8.37. The Balaban J connectivity index is 1.96. The van der Waals surface area contributed by atoms with Crippen LogP contribution in [0.5, 0.6) is 0 Å². The Bertz CT molecular complexity index is 1000. The van der Waals surface area contributed by atoms with Gasteiger partial charge in [0.05, 0.1) is 20.4 Å². The molecule has 0 bridgehead atoms. The van der Waals surface area contributed by atoms with Gasteiger partial charge in [0.1, 0.15) is 0 Å². The van der Waals surface area contributed by atoms with Crippen LogP contribution in [-0.4, -0.2) is 32.3 Å². The summed E-state index contributed by atoms with van der Waals surface area (Å²) < 4.78 is 52.5. The zero-order valence-electron chi connectivity index (χ0n) is 13.4. The number of nitro benzene ring substituents is 1. The van der Waals surface area contributed by atoms with Gasteiger partial charge >= 0.3 is 0 Å². The number of carbonyl (C=O) groups excluding carboxylic acids is 1. The van der Waals surface area contributed by atoms with Crippen molar-refractivity contribution in [3.8, 4) is 0 Å². The van der Waals surface area contributed by atoms with Crippen LogP contribution in [0.25, 0.3) is 0 Å². The van der Waals surface area contributed by atoms with Crippen molar-refractivity contribution in [3.63, 3.8) is 0 Å². The number of sulfonamides is 1. The Morgan fingerprint density at radius 3 is 2.48 bits per heavy atom. The second-order valence-electron chi connectivity index (χ2n) is 5.15. The van der Waals surface area contributed by atoms with Crippen molar-refractivity contribution in [2.24, 2.45) is 0 Å². The molecule has 2 N–H and O–H groups in total. The van der Waals surface area contributed by atoms with Crippen LogP contribution in [0.15, 0.2) is 41.3 Å². The first-order valence-electron chi connectivity index (χ1n) is 7.28. The lowest BCUT2D eigenvalue weighted by Gasteiger charge is -2.09. The fourth-order valence-electron chi connectivity index (χ4n) is 2.00. The third-order valence-electron chi connectivity index (χ3n) is 3.30. The van der Waals surface area contributed by atoms with Crippen molar-refractivity contribution in [2.75, 3.05) is 13.1 Å². The summed E-state index contributed by atoms with van der Waals surface area (Å²) in [5.74, 6) is -3.29. The van der Waals surface area contributed by atoms with E-state index in [1.807, 2.05) is 0 Å². The highest BCUT2D eigenvalue weighted by Crippen LogP contribution is 2.20. The predicted molar refractivity (Wildman–Crippen MR) is 92.0 cm³/mol. The van der Waals surface area contributed by atoms with E-state index in [0.29, 0.717) is 12.1 Å². The zero-order valence-corrected chi connectivity index (χ0v) is 15.0. The first-order chi connectivity index (χ1) is 12.6. The molecule has 0 radical (unpaired) electrons. The molecule has 2 aromatic rings. The van der Waals surface area contributed by atoms with E-state index in [1.54, 1.807) is 0 Å². The summed E-state index contributed by atoms with van der Waals surface area (Å²) in [5.41, 5.74) is -0.698. The van der Waals surface area contributed by atoms with Crippen LogP contribution >= 0.6 is 11.6 Å². The molecule has 2 aromatic carbocycles. The van der Waals surface area contributed by atoms with Gasteiger partial charge in [0.15, 0.2) is 11.6 Å². The number of hydrogen-bond donors (Lipinski definition) is 2. The number of carbonyl (C=O) groups is 1. The average Bonchev–Trinajstić information content (AvgIpc) is 2.61. The molecule has 1 amide bonds. The first kappa shape index (κ1) is 20.7. The van der Waals surface area contributed by atoms with Gasteiger partial charge in [0.2, 0.25) is 10.0 Å². The third-order valence-corrected chi connectivity index (χ3v) is 5.07. The van der Waals surface area contributed by atoms with Crippen molar-refractivity contribution >= 4 is 33.2 Å². The molecular formula is C15H12ClF2N3O5S. The molecule has 0 aliphatic carbocycles. The van der Waals surface area contributed by atoms with E-state index in [4.69, 9.17) is 11.6 Å².